The minimum atomic E-state index is -0.0312. The summed E-state index contributed by atoms with van der Waals surface area (Å²) in [7, 11) is 0. The predicted octanol–water partition coefficient (Wildman–Crippen LogP) is 6.59. The fourth-order valence-corrected chi connectivity index (χ4v) is 6.22. The van der Waals surface area contributed by atoms with Crippen molar-refractivity contribution in [2.75, 3.05) is 5.75 Å². The Hall–Kier alpha value is -2.70. The van der Waals surface area contributed by atoms with Gasteiger partial charge in [-0.2, -0.15) is 0 Å². The molecule has 6 heteroatoms. The highest BCUT2D eigenvalue weighted by Gasteiger charge is 2.19. The number of hydrogen-bond donors (Lipinski definition) is 0. The molecule has 2 aromatic heterocycles. The van der Waals surface area contributed by atoms with Crippen LogP contribution in [-0.2, 0) is 13.0 Å². The summed E-state index contributed by atoms with van der Waals surface area (Å²) in [6.07, 6.45) is 0.872. The van der Waals surface area contributed by atoms with Crippen molar-refractivity contribution >= 4 is 39.1 Å². The first-order valence-electron chi connectivity index (χ1n) is 11.5. The number of nitrogens with zero attached hydrogens (tertiary/aromatic N) is 2. The maximum Gasteiger partial charge on any atom is 0.263 e. The van der Waals surface area contributed by atoms with Crippen LogP contribution in [0, 0.1) is 34.6 Å². The lowest BCUT2D eigenvalue weighted by Crippen LogP contribution is -2.24. The van der Waals surface area contributed by atoms with Gasteiger partial charge in [-0.05, 0) is 74.9 Å². The fraction of sp³-hybridized carbons (Fsp3) is 0.321. The average molecular weight is 491 g/mol. The summed E-state index contributed by atoms with van der Waals surface area (Å²) < 4.78 is 1.73. The van der Waals surface area contributed by atoms with Gasteiger partial charge in [0.2, 0.25) is 0 Å². The summed E-state index contributed by atoms with van der Waals surface area (Å²) in [5.74, 6) is 0.290. The molecular weight excluding hydrogens is 460 g/mol. The van der Waals surface area contributed by atoms with Crippen molar-refractivity contribution in [3.8, 4) is 0 Å². The number of fused-ring (bicyclic) bond motifs is 1. The Morgan fingerprint density at radius 1 is 1.00 bits per heavy atom. The summed E-state index contributed by atoms with van der Waals surface area (Å²) in [5, 5.41) is 1.30. The second-order valence-corrected chi connectivity index (χ2v) is 10.9. The quantitative estimate of drug-likeness (QED) is 0.167. The standard InChI is InChI=1S/C28H30N2O2S2/c1-7-24-20(6)25-26(34-24)29-28(30(27(25)32)14-21-10-8-16(2)9-11-21)33-15-23(31)22-13-18(4)17(3)12-19(22)5/h8-13H,7,14-15H2,1-6H3. The maximum absolute atomic E-state index is 13.7. The van der Waals surface area contributed by atoms with Crippen LogP contribution in [0.25, 0.3) is 10.2 Å². The number of Topliss-reactive ketones (excluding diaryl/α,β-unsaturated/α-hetero) is 1. The zero-order chi connectivity index (χ0) is 24.6. The molecule has 0 atom stereocenters. The number of benzene rings is 2. The van der Waals surface area contributed by atoms with Gasteiger partial charge >= 0.3 is 0 Å². The Morgan fingerprint density at radius 3 is 2.35 bits per heavy atom. The molecule has 0 amide bonds. The summed E-state index contributed by atoms with van der Waals surface area (Å²) >= 11 is 2.93. The van der Waals surface area contributed by atoms with Gasteiger partial charge in [0.1, 0.15) is 4.83 Å². The lowest BCUT2D eigenvalue weighted by Gasteiger charge is -2.13. The summed E-state index contributed by atoms with van der Waals surface area (Å²) in [5.41, 5.74) is 7.22. The molecule has 2 heterocycles. The lowest BCUT2D eigenvalue weighted by molar-refractivity contribution is 0.102. The van der Waals surface area contributed by atoms with E-state index in [2.05, 4.69) is 32.0 Å². The van der Waals surface area contributed by atoms with Crippen molar-refractivity contribution in [1.82, 2.24) is 9.55 Å². The van der Waals surface area contributed by atoms with Crippen molar-refractivity contribution in [2.45, 2.75) is 59.7 Å². The van der Waals surface area contributed by atoms with Crippen LogP contribution in [0.1, 0.15) is 55.5 Å². The van der Waals surface area contributed by atoms with Crippen LogP contribution in [0.4, 0.5) is 0 Å². The van der Waals surface area contributed by atoms with E-state index >= 15 is 0 Å². The van der Waals surface area contributed by atoms with Gasteiger partial charge in [0, 0.05) is 10.4 Å². The first-order valence-corrected chi connectivity index (χ1v) is 13.3. The molecule has 0 aliphatic heterocycles. The minimum absolute atomic E-state index is 0.0312. The van der Waals surface area contributed by atoms with Crippen LogP contribution < -0.4 is 5.56 Å². The Labute approximate surface area is 209 Å². The highest BCUT2D eigenvalue weighted by atomic mass is 32.2. The third-order valence-corrected chi connectivity index (χ3v) is 8.68. The largest absolute Gasteiger partial charge is 0.293 e. The summed E-state index contributed by atoms with van der Waals surface area (Å²) in [6.45, 7) is 12.6. The van der Waals surface area contributed by atoms with E-state index < -0.39 is 0 Å². The average Bonchev–Trinajstić information content (AvgIpc) is 3.13. The molecule has 34 heavy (non-hydrogen) atoms. The lowest BCUT2D eigenvalue weighted by atomic mass is 9.99. The number of carbonyl (C=O) groups is 1. The van der Waals surface area contributed by atoms with Crippen LogP contribution in [0.5, 0.6) is 0 Å². The first kappa shape index (κ1) is 24.4. The third kappa shape index (κ3) is 4.75. The molecule has 0 aliphatic carbocycles. The molecule has 0 N–H and O–H groups in total. The number of aryl methyl sites for hydroxylation is 6. The second kappa shape index (κ2) is 9.88. The van der Waals surface area contributed by atoms with Crippen LogP contribution >= 0.6 is 23.1 Å². The van der Waals surface area contributed by atoms with E-state index in [1.807, 2.05) is 45.9 Å². The van der Waals surface area contributed by atoms with Crippen molar-refractivity contribution in [1.29, 1.82) is 0 Å². The Balaban J connectivity index is 1.74. The Kier molecular flexibility index (Phi) is 7.10. The van der Waals surface area contributed by atoms with Gasteiger partial charge in [-0.1, -0.05) is 54.6 Å². The van der Waals surface area contributed by atoms with E-state index in [0.717, 1.165) is 39.1 Å². The SMILES string of the molecule is CCc1sc2nc(SCC(=O)c3cc(C)c(C)cc3C)n(Cc3ccc(C)cc3)c(=O)c2c1C. The predicted molar refractivity (Wildman–Crippen MR) is 144 cm³/mol. The fourth-order valence-electron chi connectivity index (χ4n) is 4.18. The summed E-state index contributed by atoms with van der Waals surface area (Å²) in [6, 6.07) is 12.2. The number of rotatable bonds is 7. The van der Waals surface area contributed by atoms with E-state index in [1.54, 1.807) is 15.9 Å². The van der Waals surface area contributed by atoms with Gasteiger partial charge < -0.3 is 0 Å². The molecule has 0 saturated carbocycles. The van der Waals surface area contributed by atoms with Crippen molar-refractivity contribution < 1.29 is 4.79 Å². The van der Waals surface area contributed by atoms with E-state index in [1.165, 1.54) is 27.8 Å². The van der Waals surface area contributed by atoms with E-state index in [-0.39, 0.29) is 17.1 Å². The summed E-state index contributed by atoms with van der Waals surface area (Å²) in [4.78, 5) is 33.6. The molecule has 0 fully saturated rings. The molecule has 4 nitrogen and oxygen atoms in total. The third-order valence-electron chi connectivity index (χ3n) is 6.37. The monoisotopic (exact) mass is 490 g/mol. The van der Waals surface area contributed by atoms with E-state index in [9.17, 15) is 9.59 Å². The van der Waals surface area contributed by atoms with Crippen LogP contribution in [-0.4, -0.2) is 21.1 Å². The Bertz CT molecular complexity index is 1450. The number of ketones is 1. The normalized spacial score (nSPS) is 11.4. The molecule has 0 radical (unpaired) electrons. The van der Waals surface area contributed by atoms with Crippen LogP contribution in [0.15, 0.2) is 46.3 Å². The number of thioether (sulfide) groups is 1. The molecule has 4 aromatic rings. The van der Waals surface area contributed by atoms with Gasteiger partial charge in [0.05, 0.1) is 17.7 Å². The van der Waals surface area contributed by atoms with Crippen molar-refractivity contribution in [3.05, 3.63) is 90.6 Å². The number of aromatic nitrogens is 2. The topological polar surface area (TPSA) is 52.0 Å². The van der Waals surface area contributed by atoms with Gasteiger partial charge in [0.15, 0.2) is 10.9 Å². The maximum atomic E-state index is 13.7. The molecule has 0 unspecified atom stereocenters. The number of thiophene rings is 1. The Morgan fingerprint density at radius 2 is 1.68 bits per heavy atom. The zero-order valence-electron chi connectivity index (χ0n) is 20.6. The highest BCUT2D eigenvalue weighted by Crippen LogP contribution is 2.30. The minimum Gasteiger partial charge on any atom is -0.293 e. The van der Waals surface area contributed by atoms with E-state index in [0.29, 0.717) is 17.1 Å². The zero-order valence-corrected chi connectivity index (χ0v) is 22.2. The molecule has 2 aromatic carbocycles. The number of carbonyl (C=O) groups excluding carboxylic acids is 1. The molecule has 0 saturated heterocycles. The van der Waals surface area contributed by atoms with Gasteiger partial charge in [-0.15, -0.1) is 11.3 Å². The smallest absolute Gasteiger partial charge is 0.263 e. The van der Waals surface area contributed by atoms with Crippen LogP contribution in [0.3, 0.4) is 0 Å². The van der Waals surface area contributed by atoms with Crippen molar-refractivity contribution in [2.24, 2.45) is 0 Å². The molecule has 0 bridgehead atoms. The van der Waals surface area contributed by atoms with Gasteiger partial charge in [-0.3, -0.25) is 14.2 Å². The molecule has 0 aliphatic rings. The molecular formula is C28H30N2O2S2. The van der Waals surface area contributed by atoms with Gasteiger partial charge in [-0.25, -0.2) is 4.98 Å². The number of hydrogen-bond acceptors (Lipinski definition) is 5. The molecule has 4 rings (SSSR count). The molecule has 0 spiro atoms. The highest BCUT2D eigenvalue weighted by molar-refractivity contribution is 7.99. The van der Waals surface area contributed by atoms with Crippen molar-refractivity contribution in [3.63, 3.8) is 0 Å². The van der Waals surface area contributed by atoms with E-state index in [4.69, 9.17) is 4.98 Å². The first-order chi connectivity index (χ1) is 16.2. The van der Waals surface area contributed by atoms with Crippen LogP contribution in [0.2, 0.25) is 0 Å². The molecule has 176 valence electrons. The van der Waals surface area contributed by atoms with Gasteiger partial charge in [0.25, 0.3) is 5.56 Å². The second-order valence-electron chi connectivity index (χ2n) is 8.92.